The lowest BCUT2D eigenvalue weighted by molar-refractivity contribution is -0.130. The molecule has 0 saturated heterocycles. The van der Waals surface area contributed by atoms with Gasteiger partial charge in [-0.25, -0.2) is 9.80 Å². The summed E-state index contributed by atoms with van der Waals surface area (Å²) >= 11 is 0. The third-order valence-electron chi connectivity index (χ3n) is 5.68. The van der Waals surface area contributed by atoms with Gasteiger partial charge in [0.25, 0.3) is 5.56 Å². The Bertz CT molecular complexity index is 1380. The molecule has 0 spiro atoms. The van der Waals surface area contributed by atoms with Crippen LogP contribution in [0.3, 0.4) is 0 Å². The summed E-state index contributed by atoms with van der Waals surface area (Å²) in [6.07, 6.45) is 0.127. The highest BCUT2D eigenvalue weighted by molar-refractivity contribution is 6.04. The zero-order valence-corrected chi connectivity index (χ0v) is 18.9. The fraction of sp³-hybridized carbons (Fsp3) is 0.250. The van der Waals surface area contributed by atoms with Crippen LogP contribution < -0.4 is 20.7 Å². The number of rotatable bonds is 6. The molecule has 0 radical (unpaired) electrons. The Balaban J connectivity index is 1.78. The molecule has 0 bridgehead atoms. The summed E-state index contributed by atoms with van der Waals surface area (Å²) in [5, 5.41) is 16.5. The number of benzene rings is 2. The Morgan fingerprint density at radius 1 is 1.15 bits per heavy atom. The van der Waals surface area contributed by atoms with Crippen LogP contribution in [0.4, 0.5) is 0 Å². The van der Waals surface area contributed by atoms with Gasteiger partial charge in [-0.3, -0.25) is 19.1 Å². The molecule has 0 saturated carbocycles. The number of amides is 1. The molecule has 10 heteroatoms. The minimum absolute atomic E-state index is 0.0503. The molecule has 3 aromatic rings. The normalized spacial score (nSPS) is 15.2. The molecule has 10 nitrogen and oxygen atoms in total. The number of H-pyrrole nitrogens is 1. The van der Waals surface area contributed by atoms with Crippen molar-refractivity contribution in [2.75, 3.05) is 14.2 Å². The van der Waals surface area contributed by atoms with Crippen LogP contribution in [0, 0.1) is 0 Å². The van der Waals surface area contributed by atoms with Crippen molar-refractivity contribution in [1.29, 1.82) is 0 Å². The van der Waals surface area contributed by atoms with Gasteiger partial charge in [0.1, 0.15) is 17.1 Å². The van der Waals surface area contributed by atoms with Crippen molar-refractivity contribution in [1.82, 2.24) is 14.6 Å². The number of hydrogen-bond acceptors (Lipinski definition) is 7. The average molecular weight is 464 g/mol. The van der Waals surface area contributed by atoms with E-state index in [-0.39, 0.29) is 30.1 Å². The second-order valence-electron chi connectivity index (χ2n) is 7.77. The third-order valence-corrected chi connectivity index (χ3v) is 5.68. The quantitative estimate of drug-likeness (QED) is 0.575. The van der Waals surface area contributed by atoms with Crippen LogP contribution in [0.1, 0.15) is 36.1 Å². The van der Waals surface area contributed by atoms with E-state index in [1.807, 2.05) is 18.2 Å². The fourth-order valence-electron chi connectivity index (χ4n) is 4.02. The summed E-state index contributed by atoms with van der Waals surface area (Å²) in [6.45, 7) is 1.41. The first-order chi connectivity index (χ1) is 16.3. The molecule has 1 amide bonds. The zero-order valence-electron chi connectivity index (χ0n) is 18.9. The number of nitrogens with one attached hydrogen (secondary N) is 1. The van der Waals surface area contributed by atoms with E-state index >= 15 is 0 Å². The van der Waals surface area contributed by atoms with Gasteiger partial charge in [0, 0.05) is 25.0 Å². The van der Waals surface area contributed by atoms with Crippen molar-refractivity contribution in [3.8, 4) is 17.4 Å². The molecule has 34 heavy (non-hydrogen) atoms. The number of methoxy groups -OCH3 is 2. The Hall–Kier alpha value is -4.34. The maximum atomic E-state index is 12.7. The number of ether oxygens (including phenoxy) is 2. The van der Waals surface area contributed by atoms with Crippen molar-refractivity contribution >= 4 is 11.6 Å². The van der Waals surface area contributed by atoms with Crippen LogP contribution >= 0.6 is 0 Å². The molecule has 0 aliphatic carbocycles. The standard InChI is InChI=1S/C24H24N4O6/c1-14(29)28-19(17-10-9-16(33-2)11-20(17)34-3)12-18(26-28)21-22(30)25-24(32)27(23(21)31)13-15-7-5-4-6-8-15/h4-11,19,31H,12-13H2,1-3H3,(H,25,30,32)/t19-/m1/s1. The highest BCUT2D eigenvalue weighted by Gasteiger charge is 2.36. The lowest BCUT2D eigenvalue weighted by atomic mass is 9.98. The molecule has 1 aliphatic rings. The largest absolute Gasteiger partial charge is 0.497 e. The number of aromatic nitrogens is 2. The number of aromatic amines is 1. The zero-order chi connectivity index (χ0) is 24.4. The monoisotopic (exact) mass is 464 g/mol. The smallest absolute Gasteiger partial charge is 0.331 e. The second-order valence-corrected chi connectivity index (χ2v) is 7.77. The maximum Gasteiger partial charge on any atom is 0.331 e. The van der Waals surface area contributed by atoms with Crippen LogP contribution in [0.15, 0.2) is 63.2 Å². The molecular formula is C24H24N4O6. The second kappa shape index (κ2) is 9.26. The fourth-order valence-corrected chi connectivity index (χ4v) is 4.02. The number of aromatic hydroxyl groups is 1. The predicted octanol–water partition coefficient (Wildman–Crippen LogP) is 2.01. The molecule has 2 heterocycles. The molecule has 1 aliphatic heterocycles. The summed E-state index contributed by atoms with van der Waals surface area (Å²) in [7, 11) is 3.04. The van der Waals surface area contributed by atoms with Crippen molar-refractivity contribution in [2.24, 2.45) is 5.10 Å². The van der Waals surface area contributed by atoms with E-state index in [2.05, 4.69) is 10.1 Å². The highest BCUT2D eigenvalue weighted by atomic mass is 16.5. The van der Waals surface area contributed by atoms with Gasteiger partial charge in [0.05, 0.1) is 32.5 Å². The SMILES string of the molecule is COc1ccc([C@H]2CC(c3c(O)n(Cc4ccccc4)c(=O)[nH]c3=O)=NN2C(C)=O)c(OC)c1. The maximum absolute atomic E-state index is 12.7. The Morgan fingerprint density at radius 2 is 1.88 bits per heavy atom. The van der Waals surface area contributed by atoms with Gasteiger partial charge in [-0.05, 0) is 17.7 Å². The number of carbonyl (C=O) groups is 1. The first-order valence-electron chi connectivity index (χ1n) is 10.5. The molecule has 0 unspecified atom stereocenters. The van der Waals surface area contributed by atoms with E-state index in [9.17, 15) is 19.5 Å². The highest BCUT2D eigenvalue weighted by Crippen LogP contribution is 2.39. The van der Waals surface area contributed by atoms with Gasteiger partial charge in [0.15, 0.2) is 0 Å². The van der Waals surface area contributed by atoms with E-state index in [0.29, 0.717) is 17.1 Å². The average Bonchev–Trinajstić information content (AvgIpc) is 3.27. The molecule has 2 N–H and O–H groups in total. The lowest BCUT2D eigenvalue weighted by Gasteiger charge is -2.22. The number of carbonyl (C=O) groups excluding carboxylic acids is 1. The molecular weight excluding hydrogens is 440 g/mol. The van der Waals surface area contributed by atoms with Gasteiger partial charge in [0.2, 0.25) is 11.8 Å². The van der Waals surface area contributed by atoms with Crippen LogP contribution in [-0.4, -0.2) is 45.5 Å². The molecule has 1 atom stereocenters. The number of nitrogens with zero attached hydrogens (tertiary/aromatic N) is 3. The van der Waals surface area contributed by atoms with Crippen molar-refractivity contribution in [2.45, 2.75) is 25.9 Å². The molecule has 176 valence electrons. The first kappa shape index (κ1) is 22.8. The van der Waals surface area contributed by atoms with Crippen LogP contribution in [0.25, 0.3) is 0 Å². The third kappa shape index (κ3) is 4.17. The van der Waals surface area contributed by atoms with Crippen molar-refractivity contribution in [3.05, 3.63) is 86.1 Å². The molecule has 0 fully saturated rings. The van der Waals surface area contributed by atoms with Gasteiger partial charge in [-0.15, -0.1) is 0 Å². The van der Waals surface area contributed by atoms with Crippen molar-refractivity contribution < 1.29 is 19.4 Å². The van der Waals surface area contributed by atoms with Gasteiger partial charge in [-0.2, -0.15) is 5.10 Å². The van der Waals surface area contributed by atoms with Crippen molar-refractivity contribution in [3.63, 3.8) is 0 Å². The van der Waals surface area contributed by atoms with Gasteiger partial charge < -0.3 is 14.6 Å². The number of hydrazone groups is 1. The molecule has 4 rings (SSSR count). The minimum Gasteiger partial charge on any atom is -0.497 e. The van der Waals surface area contributed by atoms with Crippen LogP contribution in [0.5, 0.6) is 17.4 Å². The van der Waals surface area contributed by atoms with Crippen LogP contribution in [0.2, 0.25) is 0 Å². The Kier molecular flexibility index (Phi) is 6.22. The Morgan fingerprint density at radius 3 is 2.53 bits per heavy atom. The van der Waals surface area contributed by atoms with Gasteiger partial charge >= 0.3 is 5.69 Å². The number of hydrogen-bond donors (Lipinski definition) is 2. The summed E-state index contributed by atoms with van der Waals surface area (Å²) in [4.78, 5) is 39.8. The minimum atomic E-state index is -0.781. The van der Waals surface area contributed by atoms with E-state index in [0.717, 1.165) is 10.1 Å². The van der Waals surface area contributed by atoms with Gasteiger partial charge in [-0.1, -0.05) is 30.3 Å². The molecule has 2 aromatic carbocycles. The van der Waals surface area contributed by atoms with E-state index < -0.39 is 23.2 Å². The molecule has 1 aromatic heterocycles. The summed E-state index contributed by atoms with van der Waals surface area (Å²) in [5.74, 6) is 0.198. The van der Waals surface area contributed by atoms with E-state index in [1.54, 1.807) is 30.3 Å². The van der Waals surface area contributed by atoms with E-state index in [4.69, 9.17) is 9.47 Å². The Labute approximate surface area is 194 Å². The van der Waals surface area contributed by atoms with Crippen LogP contribution in [-0.2, 0) is 11.3 Å². The summed E-state index contributed by atoms with van der Waals surface area (Å²) in [6, 6.07) is 13.7. The van der Waals surface area contributed by atoms with E-state index in [1.165, 1.54) is 26.2 Å². The summed E-state index contributed by atoms with van der Waals surface area (Å²) in [5.41, 5.74) is -0.0828. The summed E-state index contributed by atoms with van der Waals surface area (Å²) < 4.78 is 11.8. The first-order valence-corrected chi connectivity index (χ1v) is 10.5. The topological polar surface area (TPSA) is 126 Å². The lowest BCUT2D eigenvalue weighted by Crippen LogP contribution is -2.34. The predicted molar refractivity (Wildman–Crippen MR) is 124 cm³/mol.